The summed E-state index contributed by atoms with van der Waals surface area (Å²) in [6.45, 7) is 0.627. The molecule has 0 aromatic heterocycles. The van der Waals surface area contributed by atoms with Crippen LogP contribution in [0.1, 0.15) is 11.1 Å². The summed E-state index contributed by atoms with van der Waals surface area (Å²) in [5, 5.41) is 8.39. The standard InChI is InChI=1S/C16H15Cl2N3OS/c1-22-15-13(17)7-12(8-14(15)18)10-20-21-16(23)19-9-11-5-3-2-4-6-11/h2-8,10H,9H2,1H3,(H2,19,21,23)/b20-10+. The van der Waals surface area contributed by atoms with Crippen molar-refractivity contribution in [1.82, 2.24) is 10.7 Å². The van der Waals surface area contributed by atoms with E-state index in [1.54, 1.807) is 18.3 Å². The van der Waals surface area contributed by atoms with Crippen molar-refractivity contribution < 1.29 is 4.74 Å². The maximum atomic E-state index is 6.06. The second kappa shape index (κ2) is 8.72. The van der Waals surface area contributed by atoms with Crippen LogP contribution in [0.2, 0.25) is 10.0 Å². The monoisotopic (exact) mass is 367 g/mol. The fraction of sp³-hybridized carbons (Fsp3) is 0.125. The third-order valence-electron chi connectivity index (χ3n) is 2.90. The van der Waals surface area contributed by atoms with Gasteiger partial charge in [0.25, 0.3) is 0 Å². The second-order valence-electron chi connectivity index (χ2n) is 4.56. The minimum absolute atomic E-state index is 0.422. The lowest BCUT2D eigenvalue weighted by molar-refractivity contribution is 0.415. The molecule has 2 N–H and O–H groups in total. The number of benzene rings is 2. The molecular weight excluding hydrogens is 353 g/mol. The van der Waals surface area contributed by atoms with Gasteiger partial charge in [-0.2, -0.15) is 5.10 Å². The highest BCUT2D eigenvalue weighted by Crippen LogP contribution is 2.33. The van der Waals surface area contributed by atoms with Gasteiger partial charge in [0.2, 0.25) is 0 Å². The Hall–Kier alpha value is -1.82. The zero-order valence-electron chi connectivity index (χ0n) is 12.3. The quantitative estimate of drug-likeness (QED) is 0.476. The molecule has 0 atom stereocenters. The van der Waals surface area contributed by atoms with Crippen LogP contribution in [0.25, 0.3) is 0 Å². The minimum atomic E-state index is 0.422. The highest BCUT2D eigenvalue weighted by Gasteiger charge is 2.07. The van der Waals surface area contributed by atoms with Crippen LogP contribution in [0.4, 0.5) is 0 Å². The van der Waals surface area contributed by atoms with Gasteiger partial charge in [-0.05, 0) is 35.5 Å². The van der Waals surface area contributed by atoms with Crippen LogP contribution in [0, 0.1) is 0 Å². The van der Waals surface area contributed by atoms with Gasteiger partial charge in [0.05, 0.1) is 23.4 Å². The highest BCUT2D eigenvalue weighted by atomic mass is 35.5. The van der Waals surface area contributed by atoms with E-state index in [1.165, 1.54) is 7.11 Å². The number of hydrogen-bond acceptors (Lipinski definition) is 3. The topological polar surface area (TPSA) is 45.6 Å². The highest BCUT2D eigenvalue weighted by molar-refractivity contribution is 7.80. The summed E-state index contributed by atoms with van der Waals surface area (Å²) in [5.74, 6) is 0.443. The Bertz CT molecular complexity index is 685. The number of nitrogens with zero attached hydrogens (tertiary/aromatic N) is 1. The normalized spacial score (nSPS) is 10.6. The number of hydrazone groups is 1. The van der Waals surface area contributed by atoms with Crippen molar-refractivity contribution >= 4 is 46.7 Å². The molecule has 0 aliphatic rings. The molecule has 2 rings (SSSR count). The molecule has 2 aromatic carbocycles. The molecule has 0 spiro atoms. The Morgan fingerprint density at radius 2 is 1.87 bits per heavy atom. The fourth-order valence-electron chi connectivity index (χ4n) is 1.83. The molecule has 0 saturated heterocycles. The molecule has 0 aliphatic heterocycles. The van der Waals surface area contributed by atoms with Crippen molar-refractivity contribution in [3.05, 3.63) is 63.6 Å². The molecule has 0 amide bonds. The van der Waals surface area contributed by atoms with Crippen molar-refractivity contribution in [3.63, 3.8) is 0 Å². The summed E-state index contributed by atoms with van der Waals surface area (Å²) in [7, 11) is 1.51. The Balaban J connectivity index is 1.87. The molecule has 2 aromatic rings. The third-order valence-corrected chi connectivity index (χ3v) is 3.70. The van der Waals surface area contributed by atoms with Crippen LogP contribution in [-0.2, 0) is 6.54 Å². The predicted octanol–water partition coefficient (Wildman–Crippen LogP) is 4.00. The summed E-state index contributed by atoms with van der Waals surface area (Å²) in [6.07, 6.45) is 1.58. The van der Waals surface area contributed by atoms with E-state index < -0.39 is 0 Å². The van der Waals surface area contributed by atoms with Crippen LogP contribution in [-0.4, -0.2) is 18.4 Å². The lowest BCUT2D eigenvalue weighted by Crippen LogP contribution is -2.31. The molecule has 0 bridgehead atoms. The SMILES string of the molecule is COc1c(Cl)cc(/C=N/NC(=S)NCc2ccccc2)cc1Cl. The van der Waals surface area contributed by atoms with Gasteiger partial charge in [0.15, 0.2) is 10.9 Å². The molecular formula is C16H15Cl2N3OS. The molecule has 0 unspecified atom stereocenters. The van der Waals surface area contributed by atoms with E-state index in [0.29, 0.717) is 27.5 Å². The first-order chi connectivity index (χ1) is 11.1. The summed E-state index contributed by atoms with van der Waals surface area (Å²) < 4.78 is 5.09. The first-order valence-electron chi connectivity index (χ1n) is 6.74. The van der Waals surface area contributed by atoms with E-state index in [0.717, 1.165) is 11.1 Å². The maximum Gasteiger partial charge on any atom is 0.187 e. The number of halogens is 2. The van der Waals surface area contributed by atoms with Crippen molar-refractivity contribution in [2.75, 3.05) is 7.11 Å². The average Bonchev–Trinajstić information content (AvgIpc) is 2.54. The summed E-state index contributed by atoms with van der Waals surface area (Å²) in [5.41, 5.74) is 4.61. The summed E-state index contributed by atoms with van der Waals surface area (Å²) in [4.78, 5) is 0. The Kier molecular flexibility index (Phi) is 6.65. The van der Waals surface area contributed by atoms with Crippen molar-refractivity contribution in [3.8, 4) is 5.75 Å². The second-order valence-corrected chi connectivity index (χ2v) is 5.78. The smallest absolute Gasteiger partial charge is 0.187 e. The summed E-state index contributed by atoms with van der Waals surface area (Å²) in [6, 6.07) is 13.4. The van der Waals surface area contributed by atoms with E-state index in [1.807, 2.05) is 30.3 Å². The number of rotatable bonds is 5. The minimum Gasteiger partial charge on any atom is -0.494 e. The Morgan fingerprint density at radius 3 is 2.48 bits per heavy atom. The molecule has 0 fully saturated rings. The van der Waals surface area contributed by atoms with Crippen LogP contribution in [0.15, 0.2) is 47.6 Å². The van der Waals surface area contributed by atoms with Gasteiger partial charge in [0, 0.05) is 6.54 Å². The number of hydrogen-bond donors (Lipinski definition) is 2. The van der Waals surface area contributed by atoms with Gasteiger partial charge < -0.3 is 10.1 Å². The van der Waals surface area contributed by atoms with Crippen LogP contribution in [0.3, 0.4) is 0 Å². The molecule has 0 heterocycles. The Labute approximate surface area is 150 Å². The summed E-state index contributed by atoms with van der Waals surface area (Å²) >= 11 is 17.3. The van der Waals surface area contributed by atoms with Gasteiger partial charge in [-0.3, -0.25) is 5.43 Å². The Morgan fingerprint density at radius 1 is 1.22 bits per heavy atom. The van der Waals surface area contributed by atoms with Gasteiger partial charge in [-0.1, -0.05) is 53.5 Å². The molecule has 23 heavy (non-hydrogen) atoms. The third kappa shape index (κ3) is 5.39. The maximum absolute atomic E-state index is 6.06. The molecule has 0 radical (unpaired) electrons. The van der Waals surface area contributed by atoms with Gasteiger partial charge in [0.1, 0.15) is 0 Å². The lowest BCUT2D eigenvalue weighted by atomic mass is 10.2. The van der Waals surface area contributed by atoms with Crippen LogP contribution >= 0.6 is 35.4 Å². The van der Waals surface area contributed by atoms with Crippen molar-refractivity contribution in [2.45, 2.75) is 6.54 Å². The number of methoxy groups -OCH3 is 1. The van der Waals surface area contributed by atoms with Crippen molar-refractivity contribution in [1.29, 1.82) is 0 Å². The number of ether oxygens (including phenoxy) is 1. The number of thiocarbonyl (C=S) groups is 1. The fourth-order valence-corrected chi connectivity index (χ4v) is 2.62. The average molecular weight is 368 g/mol. The van der Waals surface area contributed by atoms with E-state index in [9.17, 15) is 0 Å². The van der Waals surface area contributed by atoms with E-state index in [-0.39, 0.29) is 0 Å². The van der Waals surface area contributed by atoms with Gasteiger partial charge in [-0.25, -0.2) is 0 Å². The van der Waals surface area contributed by atoms with Gasteiger partial charge >= 0.3 is 0 Å². The first kappa shape index (κ1) is 17.5. The zero-order valence-corrected chi connectivity index (χ0v) is 14.7. The zero-order chi connectivity index (χ0) is 16.7. The number of nitrogens with one attached hydrogen (secondary N) is 2. The van der Waals surface area contributed by atoms with E-state index >= 15 is 0 Å². The molecule has 4 nitrogen and oxygen atoms in total. The van der Waals surface area contributed by atoms with Crippen molar-refractivity contribution in [2.24, 2.45) is 5.10 Å². The van der Waals surface area contributed by atoms with Crippen LogP contribution < -0.4 is 15.5 Å². The first-order valence-corrected chi connectivity index (χ1v) is 7.90. The van der Waals surface area contributed by atoms with E-state index in [4.69, 9.17) is 40.2 Å². The van der Waals surface area contributed by atoms with E-state index in [2.05, 4.69) is 15.8 Å². The largest absolute Gasteiger partial charge is 0.494 e. The molecule has 7 heteroatoms. The molecule has 0 saturated carbocycles. The molecule has 120 valence electrons. The van der Waals surface area contributed by atoms with Crippen LogP contribution in [0.5, 0.6) is 5.75 Å². The predicted molar refractivity (Wildman–Crippen MR) is 99.6 cm³/mol. The lowest BCUT2D eigenvalue weighted by Gasteiger charge is -2.07. The molecule has 0 aliphatic carbocycles. The van der Waals surface area contributed by atoms with Gasteiger partial charge in [-0.15, -0.1) is 0 Å².